The van der Waals surface area contributed by atoms with Gasteiger partial charge in [0.2, 0.25) is 0 Å². The first-order chi connectivity index (χ1) is 8.25. The summed E-state index contributed by atoms with van der Waals surface area (Å²) in [5.41, 5.74) is 0. The van der Waals surface area contributed by atoms with Gasteiger partial charge in [0.25, 0.3) is 0 Å². The molecule has 96 valence electrons. The van der Waals surface area contributed by atoms with Gasteiger partial charge in [-0.1, -0.05) is 0 Å². The Morgan fingerprint density at radius 1 is 1.59 bits per heavy atom. The van der Waals surface area contributed by atoms with Gasteiger partial charge in [-0.15, -0.1) is 0 Å². The summed E-state index contributed by atoms with van der Waals surface area (Å²) in [6.45, 7) is 3.74. The van der Waals surface area contributed by atoms with E-state index in [1.54, 1.807) is 6.26 Å². The average Bonchev–Trinajstić information content (AvgIpc) is 2.97. The minimum atomic E-state index is -0.453. The van der Waals surface area contributed by atoms with Crippen molar-refractivity contribution < 1.29 is 14.3 Å². The Labute approximate surface area is 102 Å². The number of hydrogen-bond donors (Lipinski definition) is 2. The minimum absolute atomic E-state index is 0.114. The zero-order valence-electron chi connectivity index (χ0n) is 10.3. The lowest BCUT2D eigenvalue weighted by Gasteiger charge is -2.15. The largest absolute Gasteiger partial charge is 0.468 e. The van der Waals surface area contributed by atoms with Crippen molar-refractivity contribution >= 4 is 0 Å². The monoisotopic (exact) mass is 239 g/mol. The van der Waals surface area contributed by atoms with Gasteiger partial charge in [0.15, 0.2) is 0 Å². The second kappa shape index (κ2) is 6.19. The number of rotatable bonds is 8. The molecule has 1 aliphatic carbocycles. The van der Waals surface area contributed by atoms with Gasteiger partial charge in [-0.05, 0) is 37.8 Å². The van der Waals surface area contributed by atoms with E-state index in [-0.39, 0.29) is 6.04 Å². The second-order valence-corrected chi connectivity index (χ2v) is 4.78. The molecular formula is C13H21NO3. The van der Waals surface area contributed by atoms with E-state index < -0.39 is 6.10 Å². The highest BCUT2D eigenvalue weighted by molar-refractivity contribution is 5.02. The lowest BCUT2D eigenvalue weighted by Crippen LogP contribution is -2.32. The molecule has 1 fully saturated rings. The zero-order valence-corrected chi connectivity index (χ0v) is 10.3. The third-order valence-corrected chi connectivity index (χ3v) is 2.99. The normalized spacial score (nSPS) is 19.2. The molecule has 1 aromatic rings. The molecule has 0 amide bonds. The molecule has 4 nitrogen and oxygen atoms in total. The van der Waals surface area contributed by atoms with E-state index in [1.807, 2.05) is 19.1 Å². The third kappa shape index (κ3) is 4.50. The molecule has 0 aromatic carbocycles. The highest BCUT2D eigenvalue weighted by Crippen LogP contribution is 2.28. The lowest BCUT2D eigenvalue weighted by molar-refractivity contribution is 0.0312. The van der Waals surface area contributed by atoms with E-state index in [1.165, 1.54) is 12.8 Å². The van der Waals surface area contributed by atoms with E-state index in [0.717, 1.165) is 18.3 Å². The first-order valence-electron chi connectivity index (χ1n) is 6.28. The van der Waals surface area contributed by atoms with E-state index in [9.17, 15) is 5.11 Å². The maximum atomic E-state index is 9.71. The molecule has 0 saturated heterocycles. The van der Waals surface area contributed by atoms with Crippen molar-refractivity contribution in [3.05, 3.63) is 24.2 Å². The van der Waals surface area contributed by atoms with E-state index >= 15 is 0 Å². The highest BCUT2D eigenvalue weighted by atomic mass is 16.5. The van der Waals surface area contributed by atoms with E-state index in [0.29, 0.717) is 13.2 Å². The fourth-order valence-corrected chi connectivity index (χ4v) is 1.67. The first kappa shape index (κ1) is 12.6. The predicted octanol–water partition coefficient (Wildman–Crippen LogP) is 1.72. The Kier molecular flexibility index (Phi) is 4.59. The van der Waals surface area contributed by atoms with Crippen LogP contribution in [0.15, 0.2) is 22.8 Å². The Hall–Kier alpha value is -0.840. The van der Waals surface area contributed by atoms with Gasteiger partial charge in [-0.3, -0.25) is 0 Å². The van der Waals surface area contributed by atoms with Crippen LogP contribution in [0, 0.1) is 5.92 Å². The van der Waals surface area contributed by atoms with E-state index in [2.05, 4.69) is 5.32 Å². The maximum absolute atomic E-state index is 9.71. The topological polar surface area (TPSA) is 54.6 Å². The molecule has 4 heteroatoms. The second-order valence-electron chi connectivity index (χ2n) is 4.78. The lowest BCUT2D eigenvalue weighted by atomic mass is 10.2. The smallest absolute Gasteiger partial charge is 0.120 e. The molecule has 2 N–H and O–H groups in total. The van der Waals surface area contributed by atoms with Crippen LogP contribution in [-0.2, 0) is 4.74 Å². The van der Waals surface area contributed by atoms with Crippen molar-refractivity contribution in [2.75, 3.05) is 19.8 Å². The summed E-state index contributed by atoms with van der Waals surface area (Å²) < 4.78 is 10.7. The maximum Gasteiger partial charge on any atom is 0.120 e. The first-order valence-corrected chi connectivity index (χ1v) is 6.28. The summed E-state index contributed by atoms with van der Waals surface area (Å²) in [5, 5.41) is 12.9. The number of furan rings is 1. The van der Waals surface area contributed by atoms with Gasteiger partial charge in [0.05, 0.1) is 25.0 Å². The summed E-state index contributed by atoms with van der Waals surface area (Å²) in [7, 11) is 0. The average molecular weight is 239 g/mol. The van der Waals surface area contributed by atoms with Gasteiger partial charge >= 0.3 is 0 Å². The van der Waals surface area contributed by atoms with Crippen LogP contribution in [-0.4, -0.2) is 31.0 Å². The number of aliphatic hydroxyl groups is 1. The number of ether oxygens (including phenoxy) is 1. The Balaban J connectivity index is 1.56. The van der Waals surface area contributed by atoms with Crippen LogP contribution in [0.25, 0.3) is 0 Å². The van der Waals surface area contributed by atoms with Gasteiger partial charge in [-0.2, -0.15) is 0 Å². The molecule has 2 rings (SSSR count). The van der Waals surface area contributed by atoms with Crippen LogP contribution in [0.4, 0.5) is 0 Å². The summed E-state index contributed by atoms with van der Waals surface area (Å²) in [4.78, 5) is 0. The fraction of sp³-hybridized carbons (Fsp3) is 0.692. The molecular weight excluding hydrogens is 218 g/mol. The highest BCUT2D eigenvalue weighted by Gasteiger charge is 2.21. The summed E-state index contributed by atoms with van der Waals surface area (Å²) in [6, 6.07) is 3.90. The SMILES string of the molecule is CC(NCC(O)COCC1CC1)c1ccco1. The number of aliphatic hydroxyl groups excluding tert-OH is 1. The van der Waals surface area contributed by atoms with Crippen molar-refractivity contribution in [1.29, 1.82) is 0 Å². The molecule has 1 heterocycles. The van der Waals surface area contributed by atoms with Crippen molar-refractivity contribution in [1.82, 2.24) is 5.32 Å². The minimum Gasteiger partial charge on any atom is -0.468 e. The van der Waals surface area contributed by atoms with Crippen molar-refractivity contribution in [2.45, 2.75) is 31.9 Å². The van der Waals surface area contributed by atoms with Gasteiger partial charge < -0.3 is 19.6 Å². The van der Waals surface area contributed by atoms with Crippen LogP contribution >= 0.6 is 0 Å². The fourth-order valence-electron chi connectivity index (χ4n) is 1.67. The Morgan fingerprint density at radius 2 is 2.41 bits per heavy atom. The van der Waals surface area contributed by atoms with Gasteiger partial charge in [0.1, 0.15) is 5.76 Å². The molecule has 17 heavy (non-hydrogen) atoms. The van der Waals surface area contributed by atoms with Crippen LogP contribution in [0.5, 0.6) is 0 Å². The van der Waals surface area contributed by atoms with Crippen molar-refractivity contribution in [2.24, 2.45) is 5.92 Å². The zero-order chi connectivity index (χ0) is 12.1. The molecule has 2 atom stereocenters. The molecule has 0 radical (unpaired) electrons. The standard InChI is InChI=1S/C13H21NO3/c1-10(13-3-2-6-17-13)14-7-12(15)9-16-8-11-4-5-11/h2-3,6,10-12,14-15H,4-5,7-9H2,1H3. The van der Waals surface area contributed by atoms with Crippen molar-refractivity contribution in [3.8, 4) is 0 Å². The predicted molar refractivity (Wildman–Crippen MR) is 64.7 cm³/mol. The van der Waals surface area contributed by atoms with Gasteiger partial charge in [0, 0.05) is 13.2 Å². The van der Waals surface area contributed by atoms with Gasteiger partial charge in [-0.25, -0.2) is 0 Å². The summed E-state index contributed by atoms with van der Waals surface area (Å²) in [6.07, 6.45) is 3.77. The van der Waals surface area contributed by atoms with E-state index in [4.69, 9.17) is 9.15 Å². The third-order valence-electron chi connectivity index (χ3n) is 2.99. The molecule has 1 aliphatic rings. The molecule has 2 unspecified atom stereocenters. The number of nitrogens with one attached hydrogen (secondary N) is 1. The number of hydrogen-bond acceptors (Lipinski definition) is 4. The summed E-state index contributed by atoms with van der Waals surface area (Å²) >= 11 is 0. The van der Waals surface area contributed by atoms with Crippen molar-refractivity contribution in [3.63, 3.8) is 0 Å². The quantitative estimate of drug-likeness (QED) is 0.725. The van der Waals surface area contributed by atoms with Crippen LogP contribution < -0.4 is 5.32 Å². The molecule has 1 aromatic heterocycles. The molecule has 1 saturated carbocycles. The Morgan fingerprint density at radius 3 is 3.06 bits per heavy atom. The Bertz CT molecular complexity index is 308. The van der Waals surface area contributed by atoms with Crippen LogP contribution in [0.3, 0.4) is 0 Å². The molecule has 0 spiro atoms. The molecule has 0 bridgehead atoms. The van der Waals surface area contributed by atoms with Crippen LogP contribution in [0.1, 0.15) is 31.6 Å². The summed E-state index contributed by atoms with van der Waals surface area (Å²) in [5.74, 6) is 1.63. The van der Waals surface area contributed by atoms with Crippen LogP contribution in [0.2, 0.25) is 0 Å². The molecule has 0 aliphatic heterocycles.